The highest BCUT2D eigenvalue weighted by molar-refractivity contribution is 5.75. The monoisotopic (exact) mass is 246 g/mol. The largest absolute Gasteiger partial charge is 0.481 e. The summed E-state index contributed by atoms with van der Waals surface area (Å²) >= 11 is 0. The van der Waals surface area contributed by atoms with Crippen LogP contribution < -0.4 is 0 Å². The van der Waals surface area contributed by atoms with E-state index in [1.165, 1.54) is 0 Å². The Hall–Kier alpha value is -1.84. The van der Waals surface area contributed by atoms with Gasteiger partial charge in [0.2, 0.25) is 0 Å². The highest BCUT2D eigenvalue weighted by Gasteiger charge is 2.05. The third-order valence-corrected chi connectivity index (χ3v) is 3.12. The van der Waals surface area contributed by atoms with Crippen LogP contribution in [0.25, 0.3) is 11.0 Å². The number of carboxylic acid groups (broad SMARTS) is 1. The number of hydrogen-bond donors (Lipinski definition) is 1. The number of para-hydroxylation sites is 2. The number of carboxylic acids is 1. The van der Waals surface area contributed by atoms with Gasteiger partial charge in [-0.3, -0.25) is 4.79 Å². The molecule has 1 aromatic heterocycles. The summed E-state index contributed by atoms with van der Waals surface area (Å²) in [5.41, 5.74) is 2.19. The van der Waals surface area contributed by atoms with Crippen LogP contribution in [0.3, 0.4) is 0 Å². The summed E-state index contributed by atoms with van der Waals surface area (Å²) in [5, 5.41) is 8.57. The highest BCUT2D eigenvalue weighted by atomic mass is 16.4. The van der Waals surface area contributed by atoms with Gasteiger partial charge in [0.05, 0.1) is 11.0 Å². The second kappa shape index (κ2) is 5.67. The van der Waals surface area contributed by atoms with Crippen molar-refractivity contribution in [3.8, 4) is 0 Å². The van der Waals surface area contributed by atoms with Crippen LogP contribution in [0.1, 0.15) is 31.5 Å². The molecule has 4 heteroatoms. The Bertz CT molecular complexity index is 546. The molecule has 0 bridgehead atoms. The Labute approximate surface area is 106 Å². The van der Waals surface area contributed by atoms with E-state index in [0.29, 0.717) is 0 Å². The first-order valence-electron chi connectivity index (χ1n) is 6.32. The lowest BCUT2D eigenvalue weighted by Crippen LogP contribution is -2.01. The fraction of sp³-hybridized carbons (Fsp3) is 0.429. The van der Waals surface area contributed by atoms with Crippen molar-refractivity contribution in [1.82, 2.24) is 9.55 Å². The number of hydrogen-bond acceptors (Lipinski definition) is 2. The van der Waals surface area contributed by atoms with E-state index in [1.54, 1.807) is 0 Å². The van der Waals surface area contributed by atoms with Crippen LogP contribution in [0, 0.1) is 6.92 Å². The molecule has 1 heterocycles. The molecule has 4 nitrogen and oxygen atoms in total. The number of aryl methyl sites for hydroxylation is 2. The van der Waals surface area contributed by atoms with Gasteiger partial charge in [-0.2, -0.15) is 0 Å². The molecule has 0 aliphatic carbocycles. The molecule has 0 radical (unpaired) electrons. The number of unbranched alkanes of at least 4 members (excludes halogenated alkanes) is 2. The zero-order valence-electron chi connectivity index (χ0n) is 10.6. The molecule has 1 N–H and O–H groups in total. The molecular weight excluding hydrogens is 228 g/mol. The Morgan fingerprint density at radius 1 is 1.28 bits per heavy atom. The van der Waals surface area contributed by atoms with Crippen molar-refractivity contribution in [1.29, 1.82) is 0 Å². The van der Waals surface area contributed by atoms with Gasteiger partial charge in [0.1, 0.15) is 5.82 Å². The van der Waals surface area contributed by atoms with E-state index in [9.17, 15) is 4.79 Å². The lowest BCUT2D eigenvalue weighted by atomic mass is 10.2. The molecule has 0 atom stereocenters. The number of fused-ring (bicyclic) bond motifs is 1. The van der Waals surface area contributed by atoms with E-state index in [0.717, 1.165) is 42.7 Å². The summed E-state index contributed by atoms with van der Waals surface area (Å²) in [6.45, 7) is 2.92. The van der Waals surface area contributed by atoms with E-state index in [4.69, 9.17) is 5.11 Å². The molecule has 0 spiro atoms. The lowest BCUT2D eigenvalue weighted by molar-refractivity contribution is -0.137. The minimum Gasteiger partial charge on any atom is -0.481 e. The number of aromatic nitrogens is 2. The molecule has 0 amide bonds. The van der Waals surface area contributed by atoms with Crippen LogP contribution in [0.15, 0.2) is 24.3 Å². The standard InChI is InChI=1S/C14H18N2O2/c1-11-15-12-7-4-5-8-13(12)16(11)10-6-2-3-9-14(17)18/h4-5,7-8H,2-3,6,9-10H2,1H3,(H,17,18). The van der Waals surface area contributed by atoms with Crippen LogP contribution in [-0.2, 0) is 11.3 Å². The zero-order valence-corrected chi connectivity index (χ0v) is 10.6. The Balaban J connectivity index is 1.95. The lowest BCUT2D eigenvalue weighted by Gasteiger charge is -2.06. The second-order valence-corrected chi connectivity index (χ2v) is 4.50. The summed E-state index contributed by atoms with van der Waals surface area (Å²) in [6, 6.07) is 8.10. The Kier molecular flexibility index (Phi) is 3.97. The molecule has 0 aliphatic heterocycles. The number of carbonyl (C=O) groups is 1. The quantitative estimate of drug-likeness (QED) is 0.797. The molecular formula is C14H18N2O2. The van der Waals surface area contributed by atoms with Crippen molar-refractivity contribution in [2.45, 2.75) is 39.2 Å². The molecule has 0 fully saturated rings. The Morgan fingerprint density at radius 2 is 2.06 bits per heavy atom. The molecule has 0 saturated carbocycles. The summed E-state index contributed by atoms with van der Waals surface area (Å²) in [5.74, 6) is 0.314. The molecule has 18 heavy (non-hydrogen) atoms. The van der Waals surface area contributed by atoms with Crippen molar-refractivity contribution in [3.05, 3.63) is 30.1 Å². The molecule has 0 saturated heterocycles. The number of aliphatic carboxylic acids is 1. The highest BCUT2D eigenvalue weighted by Crippen LogP contribution is 2.16. The SMILES string of the molecule is Cc1nc2ccccc2n1CCCCCC(=O)O. The van der Waals surface area contributed by atoms with Crippen molar-refractivity contribution in [2.24, 2.45) is 0 Å². The minimum absolute atomic E-state index is 0.268. The van der Waals surface area contributed by atoms with Crippen LogP contribution >= 0.6 is 0 Å². The second-order valence-electron chi connectivity index (χ2n) is 4.50. The van der Waals surface area contributed by atoms with Gasteiger partial charge in [0.25, 0.3) is 0 Å². The van der Waals surface area contributed by atoms with Crippen molar-refractivity contribution < 1.29 is 9.90 Å². The van der Waals surface area contributed by atoms with E-state index in [-0.39, 0.29) is 6.42 Å². The fourth-order valence-electron chi connectivity index (χ4n) is 2.20. The van der Waals surface area contributed by atoms with Gasteiger partial charge >= 0.3 is 5.97 Å². The normalized spacial score (nSPS) is 10.9. The average molecular weight is 246 g/mol. The summed E-state index contributed by atoms with van der Waals surface area (Å²) in [7, 11) is 0. The minimum atomic E-state index is -0.709. The van der Waals surface area contributed by atoms with Gasteiger partial charge in [0.15, 0.2) is 0 Å². The zero-order chi connectivity index (χ0) is 13.0. The first-order chi connectivity index (χ1) is 8.68. The third kappa shape index (κ3) is 2.88. The molecule has 0 unspecified atom stereocenters. The van der Waals surface area contributed by atoms with Crippen LogP contribution in [0.4, 0.5) is 0 Å². The van der Waals surface area contributed by atoms with Crippen molar-refractivity contribution in [3.63, 3.8) is 0 Å². The number of rotatable bonds is 6. The summed E-state index contributed by atoms with van der Waals surface area (Å²) in [4.78, 5) is 14.9. The van der Waals surface area contributed by atoms with E-state index < -0.39 is 5.97 Å². The first-order valence-corrected chi connectivity index (χ1v) is 6.32. The van der Waals surface area contributed by atoms with Crippen molar-refractivity contribution in [2.75, 3.05) is 0 Å². The van der Waals surface area contributed by atoms with E-state index in [1.807, 2.05) is 25.1 Å². The smallest absolute Gasteiger partial charge is 0.303 e. The van der Waals surface area contributed by atoms with Gasteiger partial charge in [-0.1, -0.05) is 18.6 Å². The van der Waals surface area contributed by atoms with E-state index in [2.05, 4.69) is 15.6 Å². The molecule has 0 aliphatic rings. The van der Waals surface area contributed by atoms with Gasteiger partial charge in [-0.05, 0) is 31.9 Å². The van der Waals surface area contributed by atoms with Crippen LogP contribution in [0.2, 0.25) is 0 Å². The Morgan fingerprint density at radius 3 is 2.83 bits per heavy atom. The number of nitrogens with zero attached hydrogens (tertiary/aromatic N) is 2. The molecule has 96 valence electrons. The molecule has 2 rings (SSSR count). The van der Waals surface area contributed by atoms with Gasteiger partial charge in [0, 0.05) is 13.0 Å². The average Bonchev–Trinajstić information content (AvgIpc) is 2.65. The van der Waals surface area contributed by atoms with Crippen LogP contribution in [0.5, 0.6) is 0 Å². The number of imidazole rings is 1. The first kappa shape index (κ1) is 12.6. The van der Waals surface area contributed by atoms with E-state index >= 15 is 0 Å². The molecule has 2 aromatic rings. The predicted molar refractivity (Wildman–Crippen MR) is 70.6 cm³/mol. The van der Waals surface area contributed by atoms with Crippen molar-refractivity contribution >= 4 is 17.0 Å². The topological polar surface area (TPSA) is 55.1 Å². The summed E-state index contributed by atoms with van der Waals surface area (Å²) < 4.78 is 2.20. The maximum atomic E-state index is 10.4. The predicted octanol–water partition coefficient (Wildman–Crippen LogP) is 2.99. The van der Waals surface area contributed by atoms with Crippen LogP contribution in [-0.4, -0.2) is 20.6 Å². The molecule has 1 aromatic carbocycles. The summed E-state index contributed by atoms with van der Waals surface area (Å²) in [6.07, 6.45) is 2.96. The third-order valence-electron chi connectivity index (χ3n) is 3.12. The number of benzene rings is 1. The maximum absolute atomic E-state index is 10.4. The van der Waals surface area contributed by atoms with Gasteiger partial charge < -0.3 is 9.67 Å². The van der Waals surface area contributed by atoms with Gasteiger partial charge in [-0.25, -0.2) is 4.98 Å². The fourth-order valence-corrected chi connectivity index (χ4v) is 2.20. The van der Waals surface area contributed by atoms with Gasteiger partial charge in [-0.15, -0.1) is 0 Å². The maximum Gasteiger partial charge on any atom is 0.303 e.